The molecule has 1 aliphatic heterocycles. The first kappa shape index (κ1) is 26.3. The van der Waals surface area contributed by atoms with Crippen molar-refractivity contribution < 1.29 is 43.8 Å². The number of carbonyl (C=O) groups is 1. The number of phenolic OH excluding ortho intramolecular Hbond substituents is 1. The molecule has 1 heterocycles. The normalized spacial score (nSPS) is 26.0. The summed E-state index contributed by atoms with van der Waals surface area (Å²) in [7, 11) is 1.52. The molecule has 9 heteroatoms. The standard InChI is InChI=1S/C24H29FO8/c1-5-15(31-4)8-6-13(2)7-9-16(27)20-17(28)10-14(3)11-18(20)32-24-23(30)22(29)21(25)19(12-26)33-24/h5-11,19,21-24,26,28-30H,2,12H2,1,3-4H3/b8-6-,9-7+,15-5+. The van der Waals surface area contributed by atoms with Crippen molar-refractivity contribution in [2.75, 3.05) is 13.7 Å². The lowest BCUT2D eigenvalue weighted by molar-refractivity contribution is -0.265. The molecule has 0 bridgehead atoms. The molecular weight excluding hydrogens is 435 g/mol. The van der Waals surface area contributed by atoms with Crippen LogP contribution in [0, 0.1) is 6.92 Å². The quantitative estimate of drug-likeness (QED) is 0.190. The van der Waals surface area contributed by atoms with Crippen molar-refractivity contribution in [3.63, 3.8) is 0 Å². The molecule has 0 radical (unpaired) electrons. The summed E-state index contributed by atoms with van der Waals surface area (Å²) >= 11 is 0. The predicted molar refractivity (Wildman–Crippen MR) is 119 cm³/mol. The number of carbonyl (C=O) groups excluding carboxylic acids is 1. The number of halogens is 1. The van der Waals surface area contributed by atoms with Gasteiger partial charge in [0, 0.05) is 0 Å². The van der Waals surface area contributed by atoms with Gasteiger partial charge in [-0.2, -0.15) is 0 Å². The van der Waals surface area contributed by atoms with Gasteiger partial charge in [-0.1, -0.05) is 18.7 Å². The Morgan fingerprint density at radius 3 is 2.48 bits per heavy atom. The highest BCUT2D eigenvalue weighted by Crippen LogP contribution is 2.34. The first-order valence-corrected chi connectivity index (χ1v) is 10.2. The van der Waals surface area contributed by atoms with Crippen molar-refractivity contribution in [3.05, 3.63) is 71.6 Å². The van der Waals surface area contributed by atoms with Crippen molar-refractivity contribution in [3.8, 4) is 11.5 Å². The molecule has 33 heavy (non-hydrogen) atoms. The summed E-state index contributed by atoms with van der Waals surface area (Å²) in [6.07, 6.45) is -1.08. The van der Waals surface area contributed by atoms with E-state index >= 15 is 0 Å². The number of rotatable bonds is 9. The highest BCUT2D eigenvalue weighted by atomic mass is 19.1. The number of aryl methyl sites for hydroxylation is 1. The maximum absolute atomic E-state index is 14.0. The molecule has 5 unspecified atom stereocenters. The number of benzene rings is 1. The van der Waals surface area contributed by atoms with Gasteiger partial charge < -0.3 is 34.6 Å². The van der Waals surface area contributed by atoms with Crippen LogP contribution in [0.15, 0.2) is 60.4 Å². The fourth-order valence-corrected chi connectivity index (χ4v) is 3.13. The zero-order valence-corrected chi connectivity index (χ0v) is 18.6. The summed E-state index contributed by atoms with van der Waals surface area (Å²) < 4.78 is 29.9. The molecule has 0 aromatic heterocycles. The molecule has 1 aliphatic rings. The van der Waals surface area contributed by atoms with E-state index in [1.54, 1.807) is 32.1 Å². The van der Waals surface area contributed by atoms with Gasteiger partial charge in [0.05, 0.1) is 13.7 Å². The second-order valence-electron chi connectivity index (χ2n) is 7.43. The third-order valence-corrected chi connectivity index (χ3v) is 4.94. The number of methoxy groups -OCH3 is 1. The zero-order chi connectivity index (χ0) is 24.7. The maximum atomic E-state index is 14.0. The molecule has 2 rings (SSSR count). The van der Waals surface area contributed by atoms with Crippen molar-refractivity contribution in [1.29, 1.82) is 0 Å². The second-order valence-corrected chi connectivity index (χ2v) is 7.43. The average molecular weight is 464 g/mol. The van der Waals surface area contributed by atoms with Gasteiger partial charge in [0.2, 0.25) is 6.29 Å². The minimum atomic E-state index is -2.03. The van der Waals surface area contributed by atoms with Crippen molar-refractivity contribution in [2.24, 2.45) is 0 Å². The minimum absolute atomic E-state index is 0.149. The van der Waals surface area contributed by atoms with Crippen LogP contribution in [0.2, 0.25) is 0 Å². The molecule has 0 saturated carbocycles. The van der Waals surface area contributed by atoms with Crippen molar-refractivity contribution in [1.82, 2.24) is 0 Å². The van der Waals surface area contributed by atoms with Crippen molar-refractivity contribution >= 4 is 5.78 Å². The fourth-order valence-electron chi connectivity index (χ4n) is 3.13. The molecule has 5 atom stereocenters. The Morgan fingerprint density at radius 1 is 1.21 bits per heavy atom. The third kappa shape index (κ3) is 6.52. The van der Waals surface area contributed by atoms with E-state index in [1.165, 1.54) is 31.4 Å². The fraction of sp³-hybridized carbons (Fsp3) is 0.375. The van der Waals surface area contributed by atoms with Gasteiger partial charge in [-0.15, -0.1) is 0 Å². The van der Waals surface area contributed by atoms with Gasteiger partial charge in [0.25, 0.3) is 0 Å². The van der Waals surface area contributed by atoms with E-state index in [2.05, 4.69) is 6.58 Å². The highest BCUT2D eigenvalue weighted by Gasteiger charge is 2.46. The predicted octanol–water partition coefficient (Wildman–Crippen LogP) is 2.26. The van der Waals surface area contributed by atoms with E-state index in [0.29, 0.717) is 16.9 Å². The summed E-state index contributed by atoms with van der Waals surface area (Å²) in [4.78, 5) is 12.8. The molecule has 180 valence electrons. The molecule has 0 amide bonds. The average Bonchev–Trinajstić information content (AvgIpc) is 2.78. The van der Waals surface area contributed by atoms with Crippen LogP contribution >= 0.6 is 0 Å². The SMILES string of the molecule is C=C(/C=C\C(=C/C)OC)/C=C/C(=O)c1c(O)cc(C)cc1OC1OC(CO)C(F)C(O)C1O. The molecule has 0 aliphatic carbocycles. The van der Waals surface area contributed by atoms with Gasteiger partial charge in [-0.05, 0) is 55.3 Å². The lowest BCUT2D eigenvalue weighted by atomic mass is 10.00. The Labute approximate surface area is 191 Å². The van der Waals surface area contributed by atoms with E-state index in [4.69, 9.17) is 14.2 Å². The van der Waals surface area contributed by atoms with Crippen LogP contribution in [0.4, 0.5) is 4.39 Å². The van der Waals surface area contributed by atoms with Crippen LogP contribution in [-0.4, -0.2) is 70.7 Å². The molecule has 1 aromatic carbocycles. The van der Waals surface area contributed by atoms with Gasteiger partial charge >= 0.3 is 0 Å². The minimum Gasteiger partial charge on any atom is -0.507 e. The van der Waals surface area contributed by atoms with Crippen LogP contribution < -0.4 is 4.74 Å². The van der Waals surface area contributed by atoms with Crippen molar-refractivity contribution in [2.45, 2.75) is 44.6 Å². The number of ketones is 1. The number of phenols is 1. The number of allylic oxidation sites excluding steroid dienone is 6. The molecule has 8 nitrogen and oxygen atoms in total. The van der Waals surface area contributed by atoms with Gasteiger partial charge in [-0.3, -0.25) is 4.79 Å². The topological polar surface area (TPSA) is 126 Å². The smallest absolute Gasteiger partial charge is 0.229 e. The number of hydrogen-bond acceptors (Lipinski definition) is 8. The number of aliphatic hydroxyl groups excluding tert-OH is 3. The number of aliphatic hydroxyl groups is 3. The Balaban J connectivity index is 2.29. The van der Waals surface area contributed by atoms with Crippen LogP contribution in [0.1, 0.15) is 22.8 Å². The monoisotopic (exact) mass is 464 g/mol. The molecule has 4 N–H and O–H groups in total. The van der Waals surface area contributed by atoms with E-state index in [0.717, 1.165) is 0 Å². The lowest BCUT2D eigenvalue weighted by Gasteiger charge is -2.38. The molecule has 0 spiro atoms. The zero-order valence-electron chi connectivity index (χ0n) is 18.6. The Bertz CT molecular complexity index is 950. The maximum Gasteiger partial charge on any atom is 0.229 e. The summed E-state index contributed by atoms with van der Waals surface area (Å²) in [6, 6.07) is 2.77. The largest absolute Gasteiger partial charge is 0.507 e. The van der Waals surface area contributed by atoms with Crippen LogP contribution in [0.25, 0.3) is 0 Å². The summed E-state index contributed by atoms with van der Waals surface area (Å²) in [5.41, 5.74) is 0.775. The molecular formula is C24H29FO8. The Kier molecular flexibility index (Phi) is 9.36. The lowest BCUT2D eigenvalue weighted by Crippen LogP contribution is -2.58. The van der Waals surface area contributed by atoms with E-state index < -0.39 is 43.2 Å². The molecule has 1 fully saturated rings. The summed E-state index contributed by atoms with van der Waals surface area (Å²) in [6.45, 7) is 6.50. The molecule has 1 aromatic rings. The molecule has 1 saturated heterocycles. The highest BCUT2D eigenvalue weighted by molar-refractivity contribution is 6.08. The summed E-state index contributed by atoms with van der Waals surface area (Å²) in [5.74, 6) is -0.566. The second kappa shape index (κ2) is 11.8. The Hall–Kier alpha value is -2.98. The summed E-state index contributed by atoms with van der Waals surface area (Å²) in [5, 5.41) is 39.7. The van der Waals surface area contributed by atoms with E-state index in [9.17, 15) is 29.6 Å². The number of hydrogen-bond donors (Lipinski definition) is 4. The van der Waals surface area contributed by atoms with E-state index in [-0.39, 0.29) is 17.1 Å². The van der Waals surface area contributed by atoms with Gasteiger partial charge in [-0.25, -0.2) is 4.39 Å². The third-order valence-electron chi connectivity index (χ3n) is 4.94. The van der Waals surface area contributed by atoms with Gasteiger partial charge in [0.1, 0.15) is 41.1 Å². The Morgan fingerprint density at radius 2 is 1.88 bits per heavy atom. The number of aromatic hydroxyl groups is 1. The van der Waals surface area contributed by atoms with E-state index in [1.807, 2.05) is 0 Å². The number of alkyl halides is 1. The van der Waals surface area contributed by atoms with Crippen LogP contribution in [0.3, 0.4) is 0 Å². The van der Waals surface area contributed by atoms with Crippen LogP contribution in [0.5, 0.6) is 11.5 Å². The van der Waals surface area contributed by atoms with Gasteiger partial charge in [0.15, 0.2) is 12.0 Å². The first-order chi connectivity index (χ1) is 15.6. The number of ether oxygens (including phenoxy) is 3. The first-order valence-electron chi connectivity index (χ1n) is 10.2. The van der Waals surface area contributed by atoms with Crippen LogP contribution in [-0.2, 0) is 9.47 Å².